The Kier molecular flexibility index (Phi) is 5.03. The molecule has 1 spiro atoms. The molecular weight excluding hydrogens is 393 g/mol. The minimum atomic E-state index is -1.29. The van der Waals surface area contributed by atoms with Gasteiger partial charge in [0.2, 0.25) is 5.91 Å². The third-order valence-corrected chi connectivity index (χ3v) is 6.54. The molecule has 1 atom stereocenters. The van der Waals surface area contributed by atoms with Crippen molar-refractivity contribution in [2.24, 2.45) is 0 Å². The van der Waals surface area contributed by atoms with E-state index in [9.17, 15) is 14.0 Å². The van der Waals surface area contributed by atoms with Crippen molar-refractivity contribution in [3.63, 3.8) is 0 Å². The second-order valence-corrected chi connectivity index (χ2v) is 8.12. The van der Waals surface area contributed by atoms with Gasteiger partial charge in [-0.2, -0.15) is 5.26 Å². The number of hydrogen-bond acceptors (Lipinski definition) is 5. The van der Waals surface area contributed by atoms with Crippen molar-refractivity contribution in [3.05, 3.63) is 65.0 Å². The van der Waals surface area contributed by atoms with E-state index < -0.39 is 10.7 Å². The summed E-state index contributed by atoms with van der Waals surface area (Å²) in [6, 6.07) is 13.3. The molecule has 4 rings (SSSR count). The lowest BCUT2D eigenvalue weighted by Crippen LogP contribution is -2.51. The zero-order valence-electron chi connectivity index (χ0n) is 15.7. The molecule has 0 aromatic heterocycles. The Balaban J connectivity index is 1.79. The number of anilines is 1. The van der Waals surface area contributed by atoms with E-state index in [0.717, 1.165) is 5.56 Å². The van der Waals surface area contributed by atoms with Crippen LogP contribution in [-0.4, -0.2) is 42.7 Å². The van der Waals surface area contributed by atoms with Crippen molar-refractivity contribution in [1.82, 2.24) is 4.90 Å². The molecule has 0 aliphatic carbocycles. The van der Waals surface area contributed by atoms with E-state index in [1.807, 2.05) is 6.07 Å². The lowest BCUT2D eigenvalue weighted by Gasteiger charge is -2.33. The third kappa shape index (κ3) is 3.07. The molecule has 1 fully saturated rings. The van der Waals surface area contributed by atoms with E-state index >= 15 is 0 Å². The summed E-state index contributed by atoms with van der Waals surface area (Å²) in [4.78, 5) is 28.1. The number of halogens is 1. The normalized spacial score (nSPS) is 20.2. The van der Waals surface area contributed by atoms with Gasteiger partial charge in [-0.1, -0.05) is 12.1 Å². The first-order chi connectivity index (χ1) is 14.0. The number of methoxy groups -OCH3 is 1. The second kappa shape index (κ2) is 7.50. The van der Waals surface area contributed by atoms with Crippen molar-refractivity contribution < 1.29 is 18.7 Å². The van der Waals surface area contributed by atoms with Gasteiger partial charge >= 0.3 is 0 Å². The average Bonchev–Trinajstić information content (AvgIpc) is 3.26. The minimum Gasteiger partial charge on any atom is -0.375 e. The molecule has 0 saturated carbocycles. The summed E-state index contributed by atoms with van der Waals surface area (Å²) in [6.45, 7) is 0.457. The molecule has 148 valence electrons. The van der Waals surface area contributed by atoms with Crippen LogP contribution in [0.1, 0.15) is 16.7 Å². The molecule has 6 nitrogen and oxygen atoms in total. The van der Waals surface area contributed by atoms with Crippen molar-refractivity contribution >= 4 is 29.3 Å². The van der Waals surface area contributed by atoms with E-state index in [4.69, 9.17) is 10.00 Å². The predicted octanol–water partition coefficient (Wildman–Crippen LogP) is 2.62. The molecule has 0 bridgehead atoms. The predicted molar refractivity (Wildman–Crippen MR) is 106 cm³/mol. The summed E-state index contributed by atoms with van der Waals surface area (Å²) in [7, 11) is 1.42. The van der Waals surface area contributed by atoms with Crippen molar-refractivity contribution in [1.29, 1.82) is 5.26 Å². The molecule has 0 N–H and O–H groups in total. The summed E-state index contributed by atoms with van der Waals surface area (Å²) in [5.74, 6) is -0.493. The van der Waals surface area contributed by atoms with Gasteiger partial charge in [-0.15, -0.1) is 11.8 Å². The topological polar surface area (TPSA) is 73.6 Å². The SMILES string of the molecule is COCC(=O)N1CCS[C@@]12C(=O)N(Cc1cccc(C#N)c1)c1ccc(F)cc12. The first-order valence-electron chi connectivity index (χ1n) is 9.05. The maximum Gasteiger partial charge on any atom is 0.268 e. The highest BCUT2D eigenvalue weighted by Crippen LogP contribution is 2.54. The Morgan fingerprint density at radius 2 is 2.17 bits per heavy atom. The molecule has 0 unspecified atom stereocenters. The molecule has 2 heterocycles. The van der Waals surface area contributed by atoms with Crippen LogP contribution in [0, 0.1) is 17.1 Å². The van der Waals surface area contributed by atoms with E-state index in [1.165, 1.54) is 35.9 Å². The quantitative estimate of drug-likeness (QED) is 0.773. The van der Waals surface area contributed by atoms with Crippen molar-refractivity contribution in [2.75, 3.05) is 30.9 Å². The number of amides is 2. The number of carbonyl (C=O) groups is 2. The van der Waals surface area contributed by atoms with Gasteiger partial charge in [-0.25, -0.2) is 4.39 Å². The highest BCUT2D eigenvalue weighted by molar-refractivity contribution is 8.01. The molecular formula is C21H18FN3O3S. The summed E-state index contributed by atoms with van der Waals surface area (Å²) < 4.78 is 19.1. The van der Waals surface area contributed by atoms with Crippen LogP contribution < -0.4 is 4.90 Å². The van der Waals surface area contributed by atoms with Gasteiger partial charge in [-0.3, -0.25) is 9.59 Å². The first-order valence-corrected chi connectivity index (χ1v) is 10.0. The number of nitriles is 1. The monoisotopic (exact) mass is 411 g/mol. The van der Waals surface area contributed by atoms with E-state index in [-0.39, 0.29) is 25.0 Å². The molecule has 2 aromatic rings. The highest BCUT2D eigenvalue weighted by Gasteiger charge is 2.59. The lowest BCUT2D eigenvalue weighted by molar-refractivity contribution is -0.143. The second-order valence-electron chi connectivity index (χ2n) is 6.84. The van der Waals surface area contributed by atoms with Crippen LogP contribution in [-0.2, 0) is 25.7 Å². The standard InChI is InChI=1S/C21H18FN3O3S/c1-28-13-19(26)25-7-8-29-21(25)17-10-16(22)5-6-18(17)24(20(21)27)12-15-4-2-3-14(9-15)11-23/h2-6,9-10H,7-8,12-13H2,1H3/t21-/m0/s1. The van der Waals surface area contributed by atoms with Crippen molar-refractivity contribution in [2.45, 2.75) is 11.4 Å². The van der Waals surface area contributed by atoms with Gasteiger partial charge in [0.15, 0.2) is 4.87 Å². The largest absolute Gasteiger partial charge is 0.375 e. The molecule has 2 aliphatic rings. The number of hydrogen-bond donors (Lipinski definition) is 0. The zero-order valence-corrected chi connectivity index (χ0v) is 16.5. The van der Waals surface area contributed by atoms with Gasteiger partial charge in [-0.05, 0) is 35.9 Å². The summed E-state index contributed by atoms with van der Waals surface area (Å²) in [5.41, 5.74) is 2.33. The van der Waals surface area contributed by atoms with Gasteiger partial charge in [0.05, 0.1) is 23.9 Å². The van der Waals surface area contributed by atoms with Gasteiger partial charge < -0.3 is 14.5 Å². The minimum absolute atomic E-state index is 0.148. The molecule has 2 amide bonds. The van der Waals surface area contributed by atoms with Crippen LogP contribution >= 0.6 is 11.8 Å². The molecule has 8 heteroatoms. The number of carbonyl (C=O) groups excluding carboxylic acids is 2. The Morgan fingerprint density at radius 3 is 2.93 bits per heavy atom. The number of nitrogens with zero attached hydrogens (tertiary/aromatic N) is 3. The van der Waals surface area contributed by atoms with Gasteiger partial charge in [0, 0.05) is 25.0 Å². The Labute approximate surface area is 171 Å². The molecule has 1 saturated heterocycles. The summed E-state index contributed by atoms with van der Waals surface area (Å²) >= 11 is 1.34. The third-order valence-electron chi connectivity index (χ3n) is 5.12. The Morgan fingerprint density at radius 1 is 1.34 bits per heavy atom. The van der Waals surface area contributed by atoms with Crippen LogP contribution in [0.3, 0.4) is 0 Å². The van der Waals surface area contributed by atoms with E-state index in [0.29, 0.717) is 29.1 Å². The number of rotatable bonds is 4. The van der Waals surface area contributed by atoms with Gasteiger partial charge in [0.25, 0.3) is 5.91 Å². The van der Waals surface area contributed by atoms with E-state index in [1.54, 1.807) is 29.2 Å². The lowest BCUT2D eigenvalue weighted by atomic mass is 10.1. The van der Waals surface area contributed by atoms with Crippen LogP contribution in [0.25, 0.3) is 0 Å². The number of thioether (sulfide) groups is 1. The number of benzene rings is 2. The maximum absolute atomic E-state index is 14.2. The van der Waals surface area contributed by atoms with Crippen LogP contribution in [0.15, 0.2) is 42.5 Å². The molecule has 2 aliphatic heterocycles. The Hall–Kier alpha value is -2.89. The van der Waals surface area contributed by atoms with Crippen molar-refractivity contribution in [3.8, 4) is 6.07 Å². The van der Waals surface area contributed by atoms with Gasteiger partial charge in [0.1, 0.15) is 12.4 Å². The maximum atomic E-state index is 14.2. The zero-order chi connectivity index (χ0) is 20.6. The fourth-order valence-corrected chi connectivity index (χ4v) is 5.39. The van der Waals surface area contributed by atoms with E-state index in [2.05, 4.69) is 6.07 Å². The fourth-order valence-electron chi connectivity index (χ4n) is 3.92. The first kappa shape index (κ1) is 19.4. The van der Waals surface area contributed by atoms with Crippen LogP contribution in [0.4, 0.5) is 10.1 Å². The Bertz CT molecular complexity index is 1040. The molecule has 29 heavy (non-hydrogen) atoms. The molecule has 0 radical (unpaired) electrons. The summed E-state index contributed by atoms with van der Waals surface area (Å²) in [5, 5.41) is 9.15. The average molecular weight is 411 g/mol. The fraction of sp³-hybridized carbons (Fsp3) is 0.286. The van der Waals surface area contributed by atoms with Crippen LogP contribution in [0.5, 0.6) is 0 Å². The molecule has 2 aromatic carbocycles. The highest BCUT2D eigenvalue weighted by atomic mass is 32.2. The van der Waals surface area contributed by atoms with Crippen LogP contribution in [0.2, 0.25) is 0 Å². The summed E-state index contributed by atoms with van der Waals surface area (Å²) in [6.07, 6.45) is 0. The number of ether oxygens (including phenoxy) is 1. The number of fused-ring (bicyclic) bond motifs is 2. The smallest absolute Gasteiger partial charge is 0.268 e.